The van der Waals surface area contributed by atoms with Gasteiger partial charge in [-0.3, -0.25) is 4.79 Å². The lowest BCUT2D eigenvalue weighted by Crippen LogP contribution is -2.65. The minimum absolute atomic E-state index is 0.256. The predicted octanol–water partition coefficient (Wildman–Crippen LogP) is 19.1. The molecule has 14 heteroatoms. The van der Waals surface area contributed by atoms with Gasteiger partial charge >= 0.3 is 0 Å². The van der Waals surface area contributed by atoms with E-state index in [1.807, 2.05) is 6.08 Å². The molecule has 2 rings (SSSR count). The van der Waals surface area contributed by atoms with E-state index in [0.29, 0.717) is 12.8 Å². The molecule has 0 radical (unpaired) electrons. The van der Waals surface area contributed by atoms with Gasteiger partial charge in [-0.1, -0.05) is 339 Å². The van der Waals surface area contributed by atoms with Gasteiger partial charge in [0.25, 0.3) is 0 Å². The van der Waals surface area contributed by atoms with Crippen LogP contribution in [0.15, 0.2) is 146 Å². The van der Waals surface area contributed by atoms with Gasteiger partial charge in [0.2, 0.25) is 5.91 Å². The van der Waals surface area contributed by atoms with Crippen LogP contribution in [0.1, 0.15) is 309 Å². The molecule has 584 valence electrons. The minimum atomic E-state index is -1.80. The molecule has 2 aliphatic heterocycles. The van der Waals surface area contributed by atoms with E-state index in [2.05, 4.69) is 153 Å². The number of aliphatic hydroxyl groups excluding tert-OH is 8. The molecule has 2 saturated heterocycles. The van der Waals surface area contributed by atoms with Crippen LogP contribution in [0.2, 0.25) is 0 Å². The molecular formula is C88H149NO13. The summed E-state index contributed by atoms with van der Waals surface area (Å²) in [5.41, 5.74) is 0. The van der Waals surface area contributed by atoms with E-state index >= 15 is 0 Å². The molecule has 12 atom stereocenters. The molecule has 12 unspecified atom stereocenters. The van der Waals surface area contributed by atoms with E-state index in [4.69, 9.17) is 18.9 Å². The fourth-order valence-corrected chi connectivity index (χ4v) is 12.6. The summed E-state index contributed by atoms with van der Waals surface area (Å²) in [5, 5.41) is 87.7. The SMILES string of the molecule is CC/C=C\C/C=C\C/C=C\C/C=C\C/C=C\C/C=C\C/C=C\C/C=C\C/C=C\C/C=C\CCCCCCCCCCCCC(=O)NC(COC1OC(CO)C(OC2OC(CO)C(O)C(O)C2O)C(O)C1O)C(O)/C=C/CC/C=C/CCCCCCCCCCCCCCCCCCCCCCC. The van der Waals surface area contributed by atoms with Crippen molar-refractivity contribution in [2.24, 2.45) is 0 Å². The molecule has 2 aliphatic rings. The molecule has 9 N–H and O–H groups in total. The highest BCUT2D eigenvalue weighted by atomic mass is 16.7. The average Bonchev–Trinajstić information content (AvgIpc) is 0.790. The molecule has 0 aromatic carbocycles. The zero-order valence-corrected chi connectivity index (χ0v) is 64.1. The van der Waals surface area contributed by atoms with E-state index < -0.39 is 86.8 Å². The van der Waals surface area contributed by atoms with Gasteiger partial charge in [-0.15, -0.1) is 0 Å². The van der Waals surface area contributed by atoms with Gasteiger partial charge in [0.1, 0.15) is 48.8 Å². The average molecular weight is 1430 g/mol. The number of hydrogen-bond acceptors (Lipinski definition) is 13. The van der Waals surface area contributed by atoms with Crippen LogP contribution < -0.4 is 5.32 Å². The lowest BCUT2D eigenvalue weighted by molar-refractivity contribution is -0.359. The Bertz CT molecular complexity index is 2280. The van der Waals surface area contributed by atoms with Crippen molar-refractivity contribution in [2.45, 2.75) is 383 Å². The van der Waals surface area contributed by atoms with Crippen LogP contribution in [0, 0.1) is 0 Å². The van der Waals surface area contributed by atoms with Crippen molar-refractivity contribution < 1.29 is 64.6 Å². The molecule has 0 aliphatic carbocycles. The number of carbonyl (C=O) groups excluding carboxylic acids is 1. The Hall–Kier alpha value is -4.13. The topological polar surface area (TPSA) is 228 Å². The maximum absolute atomic E-state index is 13.4. The molecule has 2 fully saturated rings. The summed E-state index contributed by atoms with van der Waals surface area (Å²) in [7, 11) is 0. The molecule has 0 bridgehead atoms. The monoisotopic (exact) mass is 1430 g/mol. The van der Waals surface area contributed by atoms with Crippen molar-refractivity contribution in [3.8, 4) is 0 Å². The van der Waals surface area contributed by atoms with Gasteiger partial charge in [-0.2, -0.15) is 0 Å². The van der Waals surface area contributed by atoms with E-state index in [9.17, 15) is 45.6 Å². The lowest BCUT2D eigenvalue weighted by atomic mass is 9.97. The Labute approximate surface area is 621 Å². The summed E-state index contributed by atoms with van der Waals surface area (Å²) in [4.78, 5) is 13.4. The number of unbranched alkanes of at least 4 members (excludes halogenated alkanes) is 32. The second-order valence-corrected chi connectivity index (χ2v) is 28.2. The van der Waals surface area contributed by atoms with Gasteiger partial charge in [0.05, 0.1) is 32.0 Å². The van der Waals surface area contributed by atoms with Gasteiger partial charge in [-0.25, -0.2) is 0 Å². The second kappa shape index (κ2) is 69.9. The normalized spacial score (nSPS) is 22.5. The Balaban J connectivity index is 1.63. The van der Waals surface area contributed by atoms with Crippen molar-refractivity contribution in [2.75, 3.05) is 19.8 Å². The maximum Gasteiger partial charge on any atom is 0.220 e. The van der Waals surface area contributed by atoms with Crippen molar-refractivity contribution >= 4 is 5.91 Å². The Morgan fingerprint density at radius 3 is 1.08 bits per heavy atom. The third-order valence-corrected chi connectivity index (χ3v) is 19.0. The number of ether oxygens (including phenoxy) is 4. The number of hydrogen-bond donors (Lipinski definition) is 9. The first kappa shape index (κ1) is 94.0. The molecule has 2 heterocycles. The predicted molar refractivity (Wildman–Crippen MR) is 424 cm³/mol. The summed E-state index contributed by atoms with van der Waals surface area (Å²) in [6.07, 6.45) is 89.2. The molecule has 0 aromatic rings. The summed E-state index contributed by atoms with van der Waals surface area (Å²) in [5.74, 6) is -0.256. The van der Waals surface area contributed by atoms with Crippen LogP contribution in [-0.4, -0.2) is 140 Å². The van der Waals surface area contributed by atoms with Crippen LogP contribution in [0.3, 0.4) is 0 Å². The molecule has 0 saturated carbocycles. The minimum Gasteiger partial charge on any atom is -0.394 e. The number of allylic oxidation sites excluding steroid dienone is 23. The Morgan fingerprint density at radius 1 is 0.363 bits per heavy atom. The summed E-state index contributed by atoms with van der Waals surface area (Å²) in [6.45, 7) is 2.69. The molecule has 0 aromatic heterocycles. The van der Waals surface area contributed by atoms with Crippen LogP contribution in [-0.2, 0) is 23.7 Å². The highest BCUT2D eigenvalue weighted by Crippen LogP contribution is 2.30. The number of amides is 1. The molecule has 1 amide bonds. The van der Waals surface area contributed by atoms with Crippen LogP contribution in [0.4, 0.5) is 0 Å². The molecular weight excluding hydrogens is 1280 g/mol. The third-order valence-electron chi connectivity index (χ3n) is 19.0. The zero-order chi connectivity index (χ0) is 73.7. The molecule has 102 heavy (non-hydrogen) atoms. The van der Waals surface area contributed by atoms with E-state index in [-0.39, 0.29) is 18.9 Å². The van der Waals surface area contributed by atoms with E-state index in [1.54, 1.807) is 6.08 Å². The van der Waals surface area contributed by atoms with E-state index in [1.165, 1.54) is 173 Å². The van der Waals surface area contributed by atoms with Crippen molar-refractivity contribution in [3.63, 3.8) is 0 Å². The number of nitrogens with one attached hydrogen (secondary N) is 1. The van der Waals surface area contributed by atoms with Gasteiger partial charge in [0.15, 0.2) is 12.6 Å². The maximum atomic E-state index is 13.4. The van der Waals surface area contributed by atoms with Gasteiger partial charge in [-0.05, 0) is 109 Å². The first-order valence-corrected chi connectivity index (χ1v) is 41.1. The first-order valence-electron chi connectivity index (χ1n) is 41.1. The first-order chi connectivity index (χ1) is 50.1. The summed E-state index contributed by atoms with van der Waals surface area (Å²) in [6, 6.07) is -0.946. The van der Waals surface area contributed by atoms with Crippen molar-refractivity contribution in [3.05, 3.63) is 146 Å². The molecule has 0 spiro atoms. The quantitative estimate of drug-likeness (QED) is 0.0204. The zero-order valence-electron chi connectivity index (χ0n) is 64.1. The molecule has 14 nitrogen and oxygen atoms in total. The highest BCUT2D eigenvalue weighted by Gasteiger charge is 2.51. The van der Waals surface area contributed by atoms with Crippen LogP contribution >= 0.6 is 0 Å². The van der Waals surface area contributed by atoms with Gasteiger partial charge in [0, 0.05) is 6.42 Å². The fourth-order valence-electron chi connectivity index (χ4n) is 12.6. The summed E-state index contributed by atoms with van der Waals surface area (Å²) < 4.78 is 22.9. The lowest BCUT2D eigenvalue weighted by Gasteiger charge is -2.46. The smallest absolute Gasteiger partial charge is 0.220 e. The van der Waals surface area contributed by atoms with Crippen LogP contribution in [0.5, 0.6) is 0 Å². The number of aliphatic hydroxyl groups is 8. The standard InChI is InChI=1S/C88H149NO13/c1-3-5-7-9-11-13-15-17-19-21-23-25-27-29-31-32-33-34-35-36-37-38-39-40-41-42-43-44-46-48-50-52-54-56-58-60-62-64-66-68-70-72-80(93)89-76(75-99-87-85(98)83(96)86(79(74-91)101-87)102-88-84(97)82(95)81(94)78(73-90)100-88)77(92)71-69-67-65-63-61-59-57-55-53-51-49-47-45-30-28-26-24-22-20-18-16-14-12-10-8-6-4-2/h5,7,11,13,17,19,23,25,29,31,33-34,36-37,39-40,42-43,46,48,61,63,69,71,76-79,81-88,90-92,94-98H,3-4,6,8-10,12,14-16,18,20-22,24,26-28,30,32,35,38,41,44-45,47,49-60,62,64-68,70,72-75H2,1-2H3,(H,89,93)/b7-5-,13-11-,19-17-,25-23-,31-29-,34-33-,37-36-,40-39-,43-42-,48-46-,63-61+,71-69+. The fraction of sp³-hybridized carbons (Fsp3) is 0.716. The number of rotatable bonds is 67. The number of carbonyl (C=O) groups is 1. The van der Waals surface area contributed by atoms with Crippen molar-refractivity contribution in [1.82, 2.24) is 5.32 Å². The highest BCUT2D eigenvalue weighted by molar-refractivity contribution is 5.76. The van der Waals surface area contributed by atoms with Gasteiger partial charge < -0.3 is 65.1 Å². The largest absolute Gasteiger partial charge is 0.394 e. The van der Waals surface area contributed by atoms with Crippen LogP contribution in [0.25, 0.3) is 0 Å². The Morgan fingerprint density at radius 2 is 0.686 bits per heavy atom. The second-order valence-electron chi connectivity index (χ2n) is 28.2. The summed E-state index contributed by atoms with van der Waals surface area (Å²) >= 11 is 0. The van der Waals surface area contributed by atoms with Crippen molar-refractivity contribution in [1.29, 1.82) is 0 Å². The Kier molecular flexibility index (Phi) is 64.4. The third kappa shape index (κ3) is 52.0. The van der Waals surface area contributed by atoms with E-state index in [0.717, 1.165) is 103 Å².